The van der Waals surface area contributed by atoms with Crippen molar-refractivity contribution in [2.45, 2.75) is 6.42 Å². The summed E-state index contributed by atoms with van der Waals surface area (Å²) in [4.78, 5) is 0. The Morgan fingerprint density at radius 2 is 1.80 bits per heavy atom. The molecule has 1 rings (SSSR count). The van der Waals surface area contributed by atoms with Gasteiger partial charge in [0.25, 0.3) is 0 Å². The molecule has 2 N–H and O–H groups in total. The second-order valence-corrected chi connectivity index (χ2v) is 2.96. The second-order valence-electron chi connectivity index (χ2n) is 2.96. The van der Waals surface area contributed by atoms with Gasteiger partial charge in [-0.2, -0.15) is 0 Å². The zero-order valence-electron chi connectivity index (χ0n) is 11.9. The van der Waals surface area contributed by atoms with Crippen LogP contribution in [0.5, 0.6) is 17.2 Å². The van der Waals surface area contributed by atoms with E-state index in [2.05, 4.69) is 0 Å². The largest absolute Gasteiger partial charge is 0.496 e. The Kier molecular flexibility index (Phi) is 2.84. The van der Waals surface area contributed by atoms with Gasteiger partial charge < -0.3 is 19.9 Å². The van der Waals surface area contributed by atoms with Crippen LogP contribution in [0, 0.1) is 0 Å². The van der Waals surface area contributed by atoms with E-state index in [1.165, 1.54) is 20.3 Å². The third-order valence-corrected chi connectivity index (χ3v) is 2.09. The number of methoxy groups -OCH3 is 3. The average Bonchev–Trinajstić information content (AvgIpc) is 2.28. The minimum atomic E-state index is -2.53. The summed E-state index contributed by atoms with van der Waals surface area (Å²) in [7, 11) is 0.412. The molecule has 0 aromatic heterocycles. The lowest BCUT2D eigenvalue weighted by Crippen LogP contribution is -2.05. The molecule has 4 heteroatoms. The first-order valence-corrected chi connectivity index (χ1v) is 4.55. The average molecular weight is 214 g/mol. The van der Waals surface area contributed by atoms with Gasteiger partial charge in [0.1, 0.15) is 5.75 Å². The predicted octanol–water partition coefficient (Wildman–Crippen LogP) is 1.21. The Balaban J connectivity index is 3.17. The van der Waals surface area contributed by atoms with Crippen LogP contribution in [0.1, 0.15) is 9.68 Å². The number of hydrogen-bond acceptors (Lipinski definition) is 4. The second kappa shape index (κ2) is 5.46. The quantitative estimate of drug-likeness (QED) is 0.800. The van der Waals surface area contributed by atoms with Gasteiger partial charge in [-0.25, -0.2) is 0 Å². The molecule has 4 nitrogen and oxygen atoms in total. The van der Waals surface area contributed by atoms with Crippen molar-refractivity contribution in [2.24, 2.45) is 5.73 Å². The highest BCUT2D eigenvalue weighted by molar-refractivity contribution is 5.50. The molecule has 0 spiro atoms. The standard InChI is InChI=1S/C11H17NO3/c1-13-9-7-11(15-3)10(14-2)6-8(9)4-5-12/h6-7H,4-5,12H2,1-3H3/i3D3. The summed E-state index contributed by atoms with van der Waals surface area (Å²) in [6.45, 7) is 0.457. The molecule has 84 valence electrons. The van der Waals surface area contributed by atoms with Gasteiger partial charge in [0, 0.05) is 6.07 Å². The van der Waals surface area contributed by atoms with Crippen molar-refractivity contribution in [3.8, 4) is 17.2 Å². The van der Waals surface area contributed by atoms with Crippen molar-refractivity contribution >= 4 is 0 Å². The Morgan fingerprint density at radius 3 is 2.33 bits per heavy atom. The summed E-state index contributed by atoms with van der Waals surface area (Å²) in [5, 5.41) is 0. The fourth-order valence-corrected chi connectivity index (χ4v) is 1.36. The third kappa shape index (κ3) is 2.53. The van der Waals surface area contributed by atoms with Crippen molar-refractivity contribution < 1.29 is 18.3 Å². The van der Waals surface area contributed by atoms with Gasteiger partial charge in [0.05, 0.1) is 25.4 Å². The predicted molar refractivity (Wildman–Crippen MR) is 58.9 cm³/mol. The van der Waals surface area contributed by atoms with E-state index in [4.69, 9.17) is 24.1 Å². The van der Waals surface area contributed by atoms with Crippen LogP contribution in [-0.4, -0.2) is 27.8 Å². The highest BCUT2D eigenvalue weighted by Gasteiger charge is 2.10. The Bertz CT molecular complexity index is 407. The van der Waals surface area contributed by atoms with Gasteiger partial charge in [-0.15, -0.1) is 0 Å². The minimum absolute atomic E-state index is 0.120. The summed E-state index contributed by atoms with van der Waals surface area (Å²) in [5.41, 5.74) is 6.34. The molecule has 0 bridgehead atoms. The Labute approximate surface area is 94.2 Å². The summed E-state index contributed by atoms with van der Waals surface area (Å²) >= 11 is 0. The van der Waals surface area contributed by atoms with E-state index in [9.17, 15) is 0 Å². The van der Waals surface area contributed by atoms with E-state index < -0.39 is 7.04 Å². The number of rotatable bonds is 5. The molecule has 1 aromatic rings. The first-order chi connectivity index (χ1) is 8.41. The molecule has 15 heavy (non-hydrogen) atoms. The molecule has 0 atom stereocenters. The van der Waals surface area contributed by atoms with Crippen LogP contribution >= 0.6 is 0 Å². The van der Waals surface area contributed by atoms with E-state index in [0.29, 0.717) is 24.5 Å². The number of benzene rings is 1. The van der Waals surface area contributed by atoms with Crippen LogP contribution in [0.3, 0.4) is 0 Å². The maximum Gasteiger partial charge on any atom is 0.164 e. The fraction of sp³-hybridized carbons (Fsp3) is 0.455. The van der Waals surface area contributed by atoms with Crippen LogP contribution in [0.25, 0.3) is 0 Å². The lowest BCUT2D eigenvalue weighted by Gasteiger charge is -2.13. The summed E-state index contributed by atoms with van der Waals surface area (Å²) < 4.78 is 36.4. The van der Waals surface area contributed by atoms with E-state index >= 15 is 0 Å². The molecule has 0 aliphatic heterocycles. The van der Waals surface area contributed by atoms with E-state index in [0.717, 1.165) is 5.56 Å². The van der Waals surface area contributed by atoms with Gasteiger partial charge in [0.15, 0.2) is 11.5 Å². The van der Waals surface area contributed by atoms with Crippen molar-refractivity contribution in [1.82, 2.24) is 0 Å². The molecule has 0 saturated carbocycles. The van der Waals surface area contributed by atoms with Crippen LogP contribution < -0.4 is 19.9 Å². The topological polar surface area (TPSA) is 53.7 Å². The molecule has 0 unspecified atom stereocenters. The minimum Gasteiger partial charge on any atom is -0.496 e. The van der Waals surface area contributed by atoms with Crippen molar-refractivity contribution in [3.05, 3.63) is 17.7 Å². The van der Waals surface area contributed by atoms with Crippen LogP contribution in [0.2, 0.25) is 0 Å². The molecule has 0 amide bonds. The monoisotopic (exact) mass is 214 g/mol. The van der Waals surface area contributed by atoms with Crippen LogP contribution in [0.4, 0.5) is 0 Å². The maximum absolute atomic E-state index is 7.10. The summed E-state index contributed by atoms with van der Waals surface area (Å²) in [6, 6.07) is 3.17. The van der Waals surface area contributed by atoms with Gasteiger partial charge in [0.2, 0.25) is 0 Å². The number of hydrogen-bond donors (Lipinski definition) is 1. The lowest BCUT2D eigenvalue weighted by atomic mass is 10.1. The smallest absolute Gasteiger partial charge is 0.164 e. The highest BCUT2D eigenvalue weighted by Crippen LogP contribution is 2.34. The normalized spacial score (nSPS) is 13.7. The van der Waals surface area contributed by atoms with Gasteiger partial charge in [-0.3, -0.25) is 0 Å². The van der Waals surface area contributed by atoms with Crippen LogP contribution in [0.15, 0.2) is 12.1 Å². The number of nitrogens with two attached hydrogens (primary N) is 1. The molecule has 0 aliphatic carbocycles. The summed E-state index contributed by atoms with van der Waals surface area (Å²) in [6.07, 6.45) is 0.605. The third-order valence-electron chi connectivity index (χ3n) is 2.09. The van der Waals surface area contributed by atoms with Crippen molar-refractivity contribution in [1.29, 1.82) is 0 Å². The first kappa shape index (κ1) is 7.82. The highest BCUT2D eigenvalue weighted by atomic mass is 16.5. The maximum atomic E-state index is 7.10. The zero-order chi connectivity index (χ0) is 13.8. The first-order valence-electron chi connectivity index (χ1n) is 6.05. The molecule has 1 aromatic carbocycles. The molecule has 0 radical (unpaired) electrons. The van der Waals surface area contributed by atoms with Crippen molar-refractivity contribution in [3.63, 3.8) is 0 Å². The lowest BCUT2D eigenvalue weighted by molar-refractivity contribution is 0.347. The van der Waals surface area contributed by atoms with Gasteiger partial charge >= 0.3 is 0 Å². The molecule has 0 saturated heterocycles. The molecular formula is C11H17NO3. The van der Waals surface area contributed by atoms with Gasteiger partial charge in [-0.1, -0.05) is 0 Å². The van der Waals surface area contributed by atoms with Gasteiger partial charge in [-0.05, 0) is 24.6 Å². The Hall–Kier alpha value is -1.42. The van der Waals surface area contributed by atoms with Crippen molar-refractivity contribution in [2.75, 3.05) is 27.8 Å². The summed E-state index contributed by atoms with van der Waals surface area (Å²) in [5.74, 6) is 0.992. The van der Waals surface area contributed by atoms with Crippen LogP contribution in [-0.2, 0) is 6.42 Å². The zero-order valence-corrected chi connectivity index (χ0v) is 8.87. The van der Waals surface area contributed by atoms with E-state index in [-0.39, 0.29) is 5.75 Å². The van der Waals surface area contributed by atoms with E-state index in [1.807, 2.05) is 0 Å². The molecule has 0 fully saturated rings. The SMILES string of the molecule is [2H]C([2H])([2H])Oc1cc(OC)c(CCN)cc1OC. The molecule has 0 heterocycles. The molecule has 0 aliphatic rings. The number of ether oxygens (including phenoxy) is 3. The Morgan fingerprint density at radius 1 is 1.13 bits per heavy atom. The molecular weight excluding hydrogens is 194 g/mol. The van der Waals surface area contributed by atoms with E-state index in [1.54, 1.807) is 6.07 Å². The fourth-order valence-electron chi connectivity index (χ4n) is 1.36.